The first-order chi connectivity index (χ1) is 13.2. The zero-order chi connectivity index (χ0) is 18.6. The normalized spacial score (nSPS) is 14.9. The summed E-state index contributed by atoms with van der Waals surface area (Å²) in [4.78, 5) is 11.6. The number of aromatic nitrogens is 2. The average Bonchev–Trinajstić information content (AvgIpc) is 2.69. The SMILES string of the molecule is CN(C)c1ccc(Nc2nc(NC3CCCCC3)c3ccccc3n2)cc1. The number of para-hydroxylation sites is 1. The van der Waals surface area contributed by atoms with Crippen LogP contribution in [0.5, 0.6) is 0 Å². The van der Waals surface area contributed by atoms with Crippen LogP contribution in [0.25, 0.3) is 10.9 Å². The molecule has 0 amide bonds. The lowest BCUT2D eigenvalue weighted by molar-refractivity contribution is 0.462. The second-order valence-electron chi connectivity index (χ2n) is 7.46. The van der Waals surface area contributed by atoms with Crippen molar-refractivity contribution in [1.29, 1.82) is 0 Å². The standard InChI is InChI=1S/C22H27N5/c1-27(2)18-14-12-17(13-15-18)24-22-25-20-11-7-6-10-19(20)21(26-22)23-16-8-4-3-5-9-16/h6-7,10-16H,3-5,8-9H2,1-2H3,(H2,23,24,25,26). The van der Waals surface area contributed by atoms with Crippen molar-refractivity contribution in [3.05, 3.63) is 48.5 Å². The van der Waals surface area contributed by atoms with Crippen LogP contribution in [-0.2, 0) is 0 Å². The Morgan fingerprint density at radius 3 is 2.37 bits per heavy atom. The van der Waals surface area contributed by atoms with Gasteiger partial charge in [0.1, 0.15) is 5.82 Å². The number of nitrogens with one attached hydrogen (secondary N) is 2. The topological polar surface area (TPSA) is 53.1 Å². The lowest BCUT2D eigenvalue weighted by Crippen LogP contribution is -2.23. The van der Waals surface area contributed by atoms with Crippen molar-refractivity contribution in [3.63, 3.8) is 0 Å². The Morgan fingerprint density at radius 1 is 0.889 bits per heavy atom. The quantitative estimate of drug-likeness (QED) is 0.655. The summed E-state index contributed by atoms with van der Waals surface area (Å²) >= 11 is 0. The van der Waals surface area contributed by atoms with E-state index >= 15 is 0 Å². The van der Waals surface area contributed by atoms with E-state index in [0.717, 1.165) is 22.4 Å². The van der Waals surface area contributed by atoms with Gasteiger partial charge in [0.15, 0.2) is 0 Å². The molecule has 1 aliphatic carbocycles. The van der Waals surface area contributed by atoms with Crippen LogP contribution < -0.4 is 15.5 Å². The number of fused-ring (bicyclic) bond motifs is 1. The highest BCUT2D eigenvalue weighted by molar-refractivity contribution is 5.90. The highest BCUT2D eigenvalue weighted by Crippen LogP contribution is 2.27. The van der Waals surface area contributed by atoms with Crippen LogP contribution in [0.3, 0.4) is 0 Å². The molecule has 5 heteroatoms. The number of hydrogen-bond acceptors (Lipinski definition) is 5. The van der Waals surface area contributed by atoms with E-state index in [1.54, 1.807) is 0 Å². The number of benzene rings is 2. The van der Waals surface area contributed by atoms with Gasteiger partial charge in [-0.2, -0.15) is 4.98 Å². The van der Waals surface area contributed by atoms with Gasteiger partial charge in [-0.15, -0.1) is 0 Å². The Labute approximate surface area is 160 Å². The molecule has 1 saturated carbocycles. The van der Waals surface area contributed by atoms with Gasteiger partial charge < -0.3 is 15.5 Å². The van der Waals surface area contributed by atoms with Crippen molar-refractivity contribution in [2.75, 3.05) is 29.6 Å². The predicted octanol–water partition coefficient (Wildman–Crippen LogP) is 5.18. The minimum Gasteiger partial charge on any atom is -0.378 e. The van der Waals surface area contributed by atoms with Crippen molar-refractivity contribution < 1.29 is 0 Å². The second kappa shape index (κ2) is 7.82. The molecule has 3 aromatic rings. The average molecular weight is 361 g/mol. The Bertz CT molecular complexity index is 898. The fourth-order valence-corrected chi connectivity index (χ4v) is 3.65. The molecule has 0 unspecified atom stereocenters. The van der Waals surface area contributed by atoms with E-state index in [-0.39, 0.29) is 0 Å². The Balaban J connectivity index is 1.62. The summed E-state index contributed by atoms with van der Waals surface area (Å²) in [6.07, 6.45) is 6.37. The van der Waals surface area contributed by atoms with E-state index in [1.165, 1.54) is 37.8 Å². The summed E-state index contributed by atoms with van der Waals surface area (Å²) in [5, 5.41) is 8.12. The molecule has 0 spiro atoms. The van der Waals surface area contributed by atoms with Gasteiger partial charge in [0.2, 0.25) is 5.95 Å². The third-order valence-corrected chi connectivity index (χ3v) is 5.19. The lowest BCUT2D eigenvalue weighted by atomic mass is 9.95. The summed E-state index contributed by atoms with van der Waals surface area (Å²) in [6.45, 7) is 0. The van der Waals surface area contributed by atoms with Crippen LogP contribution in [0.4, 0.5) is 23.1 Å². The molecule has 2 aromatic carbocycles. The molecule has 5 nitrogen and oxygen atoms in total. The summed E-state index contributed by atoms with van der Waals surface area (Å²) in [5.74, 6) is 1.56. The van der Waals surface area contributed by atoms with Crippen molar-refractivity contribution in [2.24, 2.45) is 0 Å². The molecule has 1 aliphatic rings. The van der Waals surface area contributed by atoms with Gasteiger partial charge in [-0.3, -0.25) is 0 Å². The van der Waals surface area contributed by atoms with Crippen LogP contribution in [0.15, 0.2) is 48.5 Å². The summed E-state index contributed by atoms with van der Waals surface area (Å²) in [7, 11) is 4.08. The van der Waals surface area contributed by atoms with E-state index < -0.39 is 0 Å². The first-order valence-electron chi connectivity index (χ1n) is 9.77. The van der Waals surface area contributed by atoms with Crippen molar-refractivity contribution in [2.45, 2.75) is 38.1 Å². The number of nitrogens with zero attached hydrogens (tertiary/aromatic N) is 3. The summed E-state index contributed by atoms with van der Waals surface area (Å²) < 4.78 is 0. The van der Waals surface area contributed by atoms with E-state index in [2.05, 4.69) is 45.9 Å². The summed E-state index contributed by atoms with van der Waals surface area (Å²) in [5.41, 5.74) is 3.11. The molecule has 0 saturated heterocycles. The van der Waals surface area contributed by atoms with Gasteiger partial charge in [0, 0.05) is 36.9 Å². The molecule has 1 fully saturated rings. The Hall–Kier alpha value is -2.82. The van der Waals surface area contributed by atoms with E-state index in [0.29, 0.717) is 12.0 Å². The minimum atomic E-state index is 0.504. The van der Waals surface area contributed by atoms with E-state index in [1.807, 2.05) is 32.3 Å². The lowest BCUT2D eigenvalue weighted by Gasteiger charge is -2.24. The minimum absolute atomic E-state index is 0.504. The van der Waals surface area contributed by atoms with Gasteiger partial charge in [0.05, 0.1) is 5.52 Å². The van der Waals surface area contributed by atoms with Crippen LogP contribution in [-0.4, -0.2) is 30.1 Å². The molecule has 140 valence electrons. The Kier molecular flexibility index (Phi) is 5.10. The maximum Gasteiger partial charge on any atom is 0.229 e. The molecule has 0 bridgehead atoms. The van der Waals surface area contributed by atoms with Crippen LogP contribution in [0.1, 0.15) is 32.1 Å². The monoisotopic (exact) mass is 361 g/mol. The predicted molar refractivity (Wildman–Crippen MR) is 114 cm³/mol. The molecule has 1 aromatic heterocycles. The van der Waals surface area contributed by atoms with Crippen molar-refractivity contribution in [3.8, 4) is 0 Å². The fraction of sp³-hybridized carbons (Fsp3) is 0.364. The number of anilines is 4. The van der Waals surface area contributed by atoms with Gasteiger partial charge in [0.25, 0.3) is 0 Å². The highest BCUT2D eigenvalue weighted by atomic mass is 15.2. The van der Waals surface area contributed by atoms with Crippen LogP contribution in [0.2, 0.25) is 0 Å². The van der Waals surface area contributed by atoms with E-state index in [9.17, 15) is 0 Å². The molecular weight excluding hydrogens is 334 g/mol. The molecule has 0 atom stereocenters. The largest absolute Gasteiger partial charge is 0.378 e. The number of rotatable bonds is 5. The maximum absolute atomic E-state index is 4.80. The zero-order valence-electron chi connectivity index (χ0n) is 16.1. The number of hydrogen-bond donors (Lipinski definition) is 2. The first kappa shape index (κ1) is 17.6. The fourth-order valence-electron chi connectivity index (χ4n) is 3.65. The van der Waals surface area contributed by atoms with Gasteiger partial charge in [-0.1, -0.05) is 31.4 Å². The third kappa shape index (κ3) is 4.13. The smallest absolute Gasteiger partial charge is 0.229 e. The van der Waals surface area contributed by atoms with Gasteiger partial charge in [-0.25, -0.2) is 4.98 Å². The molecular formula is C22H27N5. The third-order valence-electron chi connectivity index (χ3n) is 5.19. The van der Waals surface area contributed by atoms with Crippen molar-refractivity contribution in [1.82, 2.24) is 9.97 Å². The van der Waals surface area contributed by atoms with Gasteiger partial charge >= 0.3 is 0 Å². The van der Waals surface area contributed by atoms with Crippen molar-refractivity contribution >= 4 is 34.0 Å². The van der Waals surface area contributed by atoms with E-state index in [4.69, 9.17) is 9.97 Å². The first-order valence-corrected chi connectivity index (χ1v) is 9.77. The van der Waals surface area contributed by atoms with Gasteiger partial charge in [-0.05, 0) is 49.2 Å². The maximum atomic E-state index is 4.80. The highest BCUT2D eigenvalue weighted by Gasteiger charge is 2.16. The molecule has 2 N–H and O–H groups in total. The molecule has 0 aliphatic heterocycles. The van der Waals surface area contributed by atoms with Crippen LogP contribution >= 0.6 is 0 Å². The molecule has 27 heavy (non-hydrogen) atoms. The van der Waals surface area contributed by atoms with Crippen LogP contribution in [0, 0.1) is 0 Å². The molecule has 1 heterocycles. The molecule has 4 rings (SSSR count). The second-order valence-corrected chi connectivity index (χ2v) is 7.46. The zero-order valence-corrected chi connectivity index (χ0v) is 16.1. The Morgan fingerprint density at radius 2 is 1.63 bits per heavy atom. The molecule has 0 radical (unpaired) electrons. The summed E-state index contributed by atoms with van der Waals surface area (Å²) in [6, 6.07) is 17.0.